The SMILES string of the molecule is COc1ccc(OC)c(NC(=O)C(=O)NCc2ccc(C)cc2)c1. The first-order valence-corrected chi connectivity index (χ1v) is 7.40. The second-order valence-electron chi connectivity index (χ2n) is 5.19. The van der Waals surface area contributed by atoms with E-state index in [4.69, 9.17) is 9.47 Å². The summed E-state index contributed by atoms with van der Waals surface area (Å²) in [6.07, 6.45) is 0. The normalized spacial score (nSPS) is 9.96. The number of hydrogen-bond acceptors (Lipinski definition) is 4. The summed E-state index contributed by atoms with van der Waals surface area (Å²) < 4.78 is 10.3. The van der Waals surface area contributed by atoms with Crippen molar-refractivity contribution in [3.63, 3.8) is 0 Å². The molecule has 6 nitrogen and oxygen atoms in total. The summed E-state index contributed by atoms with van der Waals surface area (Å²) in [5.41, 5.74) is 2.42. The molecule has 0 aliphatic carbocycles. The molecule has 24 heavy (non-hydrogen) atoms. The van der Waals surface area contributed by atoms with E-state index in [9.17, 15) is 9.59 Å². The van der Waals surface area contributed by atoms with Crippen LogP contribution in [0, 0.1) is 6.92 Å². The molecular formula is C18H20N2O4. The van der Waals surface area contributed by atoms with E-state index in [1.807, 2.05) is 31.2 Å². The second kappa shape index (κ2) is 8.01. The minimum atomic E-state index is -0.770. The Labute approximate surface area is 140 Å². The molecular weight excluding hydrogens is 308 g/mol. The number of nitrogens with one attached hydrogen (secondary N) is 2. The highest BCUT2D eigenvalue weighted by Gasteiger charge is 2.16. The lowest BCUT2D eigenvalue weighted by Crippen LogP contribution is -2.35. The van der Waals surface area contributed by atoms with Crippen LogP contribution in [0.25, 0.3) is 0 Å². The van der Waals surface area contributed by atoms with Crippen LogP contribution >= 0.6 is 0 Å². The first kappa shape index (κ1) is 17.3. The Morgan fingerprint density at radius 2 is 1.67 bits per heavy atom. The van der Waals surface area contributed by atoms with Gasteiger partial charge in [0.25, 0.3) is 0 Å². The maximum Gasteiger partial charge on any atom is 0.313 e. The largest absolute Gasteiger partial charge is 0.497 e. The van der Waals surface area contributed by atoms with E-state index >= 15 is 0 Å². The molecule has 126 valence electrons. The molecule has 0 unspecified atom stereocenters. The van der Waals surface area contributed by atoms with Crippen LogP contribution in [0.1, 0.15) is 11.1 Å². The summed E-state index contributed by atoms with van der Waals surface area (Å²) in [5.74, 6) is -0.504. The number of aryl methyl sites for hydroxylation is 1. The molecule has 2 amide bonds. The fourth-order valence-electron chi connectivity index (χ4n) is 2.06. The van der Waals surface area contributed by atoms with Crippen molar-refractivity contribution >= 4 is 17.5 Å². The average Bonchev–Trinajstić information content (AvgIpc) is 2.60. The molecule has 0 aliphatic rings. The highest BCUT2D eigenvalue weighted by atomic mass is 16.5. The molecule has 6 heteroatoms. The predicted molar refractivity (Wildman–Crippen MR) is 91.2 cm³/mol. The highest BCUT2D eigenvalue weighted by Crippen LogP contribution is 2.28. The Balaban J connectivity index is 1.98. The molecule has 0 radical (unpaired) electrons. The summed E-state index contributed by atoms with van der Waals surface area (Å²) in [4.78, 5) is 24.0. The number of amides is 2. The van der Waals surface area contributed by atoms with E-state index in [1.54, 1.807) is 18.2 Å². The summed E-state index contributed by atoms with van der Waals surface area (Å²) in [6, 6.07) is 12.6. The second-order valence-corrected chi connectivity index (χ2v) is 5.19. The molecule has 0 atom stereocenters. The van der Waals surface area contributed by atoms with Crippen LogP contribution in [-0.4, -0.2) is 26.0 Å². The van der Waals surface area contributed by atoms with E-state index in [2.05, 4.69) is 10.6 Å². The van der Waals surface area contributed by atoms with Gasteiger partial charge in [0, 0.05) is 12.6 Å². The van der Waals surface area contributed by atoms with Gasteiger partial charge in [0.1, 0.15) is 11.5 Å². The monoisotopic (exact) mass is 328 g/mol. The molecule has 2 rings (SSSR count). The van der Waals surface area contributed by atoms with Crippen LogP contribution in [-0.2, 0) is 16.1 Å². The Hall–Kier alpha value is -3.02. The van der Waals surface area contributed by atoms with Gasteiger partial charge in [-0.1, -0.05) is 29.8 Å². The van der Waals surface area contributed by atoms with E-state index in [0.717, 1.165) is 11.1 Å². The lowest BCUT2D eigenvalue weighted by atomic mass is 10.1. The number of hydrogen-bond donors (Lipinski definition) is 2. The minimum absolute atomic E-state index is 0.280. The number of benzene rings is 2. The van der Waals surface area contributed by atoms with Crippen molar-refractivity contribution in [3.8, 4) is 11.5 Å². The molecule has 0 fully saturated rings. The van der Waals surface area contributed by atoms with Crippen LogP contribution in [0.3, 0.4) is 0 Å². The van der Waals surface area contributed by atoms with Crippen LogP contribution in [0.15, 0.2) is 42.5 Å². The van der Waals surface area contributed by atoms with Gasteiger partial charge in [0.15, 0.2) is 0 Å². The number of methoxy groups -OCH3 is 2. The zero-order chi connectivity index (χ0) is 17.5. The third kappa shape index (κ3) is 4.49. The zero-order valence-corrected chi connectivity index (χ0v) is 13.9. The molecule has 0 aliphatic heterocycles. The molecule has 0 heterocycles. The number of ether oxygens (including phenoxy) is 2. The maximum absolute atomic E-state index is 12.0. The van der Waals surface area contributed by atoms with Gasteiger partial charge >= 0.3 is 11.8 Å². The van der Waals surface area contributed by atoms with Crippen molar-refractivity contribution < 1.29 is 19.1 Å². The minimum Gasteiger partial charge on any atom is -0.497 e. The maximum atomic E-state index is 12.0. The molecule has 0 saturated carbocycles. The standard InChI is InChI=1S/C18H20N2O4/c1-12-4-6-13(7-5-12)11-19-17(21)18(22)20-15-10-14(23-2)8-9-16(15)24-3/h4-10H,11H2,1-3H3,(H,19,21)(H,20,22). The van der Waals surface area contributed by atoms with Crippen LogP contribution < -0.4 is 20.1 Å². The fraction of sp³-hybridized carbons (Fsp3) is 0.222. The van der Waals surface area contributed by atoms with Crippen molar-refractivity contribution in [2.45, 2.75) is 13.5 Å². The first-order valence-electron chi connectivity index (χ1n) is 7.40. The first-order chi connectivity index (χ1) is 11.5. The number of anilines is 1. The van der Waals surface area contributed by atoms with Crippen molar-refractivity contribution in [3.05, 3.63) is 53.6 Å². The molecule has 2 aromatic carbocycles. The Kier molecular flexibility index (Phi) is 5.78. The van der Waals surface area contributed by atoms with E-state index in [1.165, 1.54) is 14.2 Å². The quantitative estimate of drug-likeness (QED) is 0.826. The number of carbonyl (C=O) groups excluding carboxylic acids is 2. The van der Waals surface area contributed by atoms with Gasteiger partial charge in [-0.3, -0.25) is 9.59 Å². The topological polar surface area (TPSA) is 76.7 Å². The Morgan fingerprint density at radius 3 is 2.29 bits per heavy atom. The zero-order valence-electron chi connectivity index (χ0n) is 13.9. The van der Waals surface area contributed by atoms with Crippen molar-refractivity contribution in [1.29, 1.82) is 0 Å². The van der Waals surface area contributed by atoms with Crippen molar-refractivity contribution in [2.75, 3.05) is 19.5 Å². The molecule has 0 spiro atoms. The van der Waals surface area contributed by atoms with E-state index < -0.39 is 11.8 Å². The molecule has 2 N–H and O–H groups in total. The fourth-order valence-corrected chi connectivity index (χ4v) is 2.06. The third-order valence-corrected chi connectivity index (χ3v) is 3.43. The molecule has 2 aromatic rings. The van der Waals surface area contributed by atoms with Crippen molar-refractivity contribution in [1.82, 2.24) is 5.32 Å². The lowest BCUT2D eigenvalue weighted by molar-refractivity contribution is -0.136. The summed E-state index contributed by atoms with van der Waals surface area (Å²) >= 11 is 0. The van der Waals surface area contributed by atoms with E-state index in [-0.39, 0.29) is 6.54 Å². The van der Waals surface area contributed by atoms with E-state index in [0.29, 0.717) is 17.2 Å². The lowest BCUT2D eigenvalue weighted by Gasteiger charge is -2.11. The van der Waals surface area contributed by atoms with Crippen LogP contribution in [0.5, 0.6) is 11.5 Å². The average molecular weight is 328 g/mol. The van der Waals surface area contributed by atoms with Gasteiger partial charge in [0.05, 0.1) is 19.9 Å². The summed E-state index contributed by atoms with van der Waals surface area (Å²) in [6.45, 7) is 2.26. The van der Waals surface area contributed by atoms with Crippen LogP contribution in [0.2, 0.25) is 0 Å². The van der Waals surface area contributed by atoms with Crippen LogP contribution in [0.4, 0.5) is 5.69 Å². The van der Waals surface area contributed by atoms with Gasteiger partial charge < -0.3 is 20.1 Å². The molecule has 0 aromatic heterocycles. The highest BCUT2D eigenvalue weighted by molar-refractivity contribution is 6.39. The number of rotatable bonds is 5. The van der Waals surface area contributed by atoms with Gasteiger partial charge in [-0.05, 0) is 24.6 Å². The molecule has 0 bridgehead atoms. The summed E-state index contributed by atoms with van der Waals surface area (Å²) in [7, 11) is 3.00. The number of carbonyl (C=O) groups is 2. The smallest absolute Gasteiger partial charge is 0.313 e. The van der Waals surface area contributed by atoms with Gasteiger partial charge in [-0.2, -0.15) is 0 Å². The summed E-state index contributed by atoms with van der Waals surface area (Å²) in [5, 5.41) is 5.11. The van der Waals surface area contributed by atoms with Crippen molar-refractivity contribution in [2.24, 2.45) is 0 Å². The molecule has 0 saturated heterocycles. The Bertz CT molecular complexity index is 726. The van der Waals surface area contributed by atoms with Gasteiger partial charge in [-0.15, -0.1) is 0 Å². The van der Waals surface area contributed by atoms with Gasteiger partial charge in [0.2, 0.25) is 0 Å². The predicted octanol–water partition coefficient (Wildman–Crippen LogP) is 2.27. The Morgan fingerprint density at radius 1 is 0.958 bits per heavy atom. The van der Waals surface area contributed by atoms with Gasteiger partial charge in [-0.25, -0.2) is 0 Å². The third-order valence-electron chi connectivity index (χ3n) is 3.43.